The number of hydrogen-bond donors (Lipinski definition) is 1. The lowest BCUT2D eigenvalue weighted by Crippen LogP contribution is -2.29. The quantitative estimate of drug-likeness (QED) is 0.295. The fourth-order valence-electron chi connectivity index (χ4n) is 5.57. The van der Waals surface area contributed by atoms with Gasteiger partial charge in [0.25, 0.3) is 0 Å². The third kappa shape index (κ3) is 2.38. The zero-order valence-corrected chi connectivity index (χ0v) is 18.3. The van der Waals surface area contributed by atoms with E-state index in [1.807, 2.05) is 13.1 Å². The molecule has 0 fully saturated rings. The summed E-state index contributed by atoms with van der Waals surface area (Å²) in [5.74, 6) is 0. The first kappa shape index (κ1) is 18.8. The molecule has 0 bridgehead atoms. The number of aliphatic imine (C=N–C) groups is 1. The minimum Gasteiger partial charge on any atom is -0.354 e. The Morgan fingerprint density at radius 1 is 0.719 bits per heavy atom. The average Bonchev–Trinajstić information content (AvgIpc) is 3.35. The second kappa shape index (κ2) is 7.06. The minimum absolute atomic E-state index is 0.457. The van der Waals surface area contributed by atoms with Crippen molar-refractivity contribution in [2.24, 2.45) is 4.99 Å². The van der Waals surface area contributed by atoms with Crippen LogP contribution in [-0.2, 0) is 5.41 Å². The van der Waals surface area contributed by atoms with Crippen molar-refractivity contribution in [1.29, 1.82) is 0 Å². The van der Waals surface area contributed by atoms with Gasteiger partial charge in [0.15, 0.2) is 0 Å². The summed E-state index contributed by atoms with van der Waals surface area (Å²) < 4.78 is 0. The Balaban J connectivity index is 1.82. The van der Waals surface area contributed by atoms with E-state index in [1.54, 1.807) is 0 Å². The average molecular weight is 413 g/mol. The normalized spacial score (nSPS) is 17.9. The summed E-state index contributed by atoms with van der Waals surface area (Å²) in [4.78, 5) is 8.56. The first-order valence-corrected chi connectivity index (χ1v) is 11.1. The van der Waals surface area contributed by atoms with Crippen molar-refractivity contribution in [2.75, 3.05) is 0 Å². The molecule has 0 aliphatic heterocycles. The van der Waals surface area contributed by atoms with Crippen LogP contribution in [-0.4, -0.2) is 11.2 Å². The fraction of sp³-hybridized carbons (Fsp3) is 0.100. The van der Waals surface area contributed by atoms with E-state index in [-0.39, 0.29) is 0 Å². The van der Waals surface area contributed by atoms with E-state index in [2.05, 4.69) is 109 Å². The Kier molecular flexibility index (Phi) is 4.16. The number of rotatable bonds is 3. The topological polar surface area (TPSA) is 28.1 Å². The molecule has 6 rings (SSSR count). The lowest BCUT2D eigenvalue weighted by Gasteiger charge is -2.33. The Bertz CT molecular complexity index is 1540. The number of allylic oxidation sites excluding steroid dienone is 2. The van der Waals surface area contributed by atoms with Crippen molar-refractivity contribution in [1.82, 2.24) is 4.98 Å². The van der Waals surface area contributed by atoms with Crippen molar-refractivity contribution < 1.29 is 0 Å². The van der Waals surface area contributed by atoms with Gasteiger partial charge in [-0.3, -0.25) is 4.99 Å². The number of nitrogens with one attached hydrogen (secondary N) is 1. The van der Waals surface area contributed by atoms with Crippen LogP contribution in [0.25, 0.3) is 32.9 Å². The minimum atomic E-state index is -0.457. The van der Waals surface area contributed by atoms with E-state index in [4.69, 9.17) is 4.99 Å². The molecular weight excluding hydrogens is 388 g/mol. The van der Waals surface area contributed by atoms with E-state index in [1.165, 1.54) is 49.6 Å². The highest BCUT2D eigenvalue weighted by Gasteiger charge is 2.47. The van der Waals surface area contributed by atoms with Gasteiger partial charge in [0.1, 0.15) is 0 Å². The molecule has 0 saturated heterocycles. The van der Waals surface area contributed by atoms with Gasteiger partial charge in [-0.1, -0.05) is 78.9 Å². The molecule has 5 aromatic rings. The van der Waals surface area contributed by atoms with Crippen LogP contribution in [0.15, 0.2) is 108 Å². The SMILES string of the molecule is CC=N/C(=C\C)C1(c2ccccc2)c2ccccc2-c2cc3[nH]c4ccccc4c3cc21. The van der Waals surface area contributed by atoms with Crippen LogP contribution in [0.5, 0.6) is 0 Å². The molecule has 0 saturated carbocycles. The maximum absolute atomic E-state index is 4.93. The van der Waals surface area contributed by atoms with Crippen molar-refractivity contribution in [3.8, 4) is 11.1 Å². The molecule has 1 heterocycles. The highest BCUT2D eigenvalue weighted by Crippen LogP contribution is 2.57. The third-order valence-corrected chi connectivity index (χ3v) is 6.80. The number of aromatic nitrogens is 1. The lowest BCUT2D eigenvalue weighted by atomic mass is 9.69. The van der Waals surface area contributed by atoms with Gasteiger partial charge in [0.2, 0.25) is 0 Å². The molecule has 1 N–H and O–H groups in total. The van der Waals surface area contributed by atoms with Gasteiger partial charge in [-0.25, -0.2) is 0 Å². The van der Waals surface area contributed by atoms with Gasteiger partial charge in [-0.2, -0.15) is 0 Å². The summed E-state index contributed by atoms with van der Waals surface area (Å²) in [7, 11) is 0. The Labute approximate surface area is 188 Å². The number of hydrogen-bond acceptors (Lipinski definition) is 1. The molecule has 1 atom stereocenters. The van der Waals surface area contributed by atoms with Crippen molar-refractivity contribution in [3.05, 3.63) is 119 Å². The number of aromatic amines is 1. The summed E-state index contributed by atoms with van der Waals surface area (Å²) in [6.07, 6.45) is 4.07. The van der Waals surface area contributed by atoms with Crippen LogP contribution in [0.1, 0.15) is 30.5 Å². The summed E-state index contributed by atoms with van der Waals surface area (Å²) in [5, 5.41) is 2.51. The van der Waals surface area contributed by atoms with E-state index in [0.29, 0.717) is 0 Å². The first-order valence-electron chi connectivity index (χ1n) is 11.1. The number of nitrogens with zero attached hydrogens (tertiary/aromatic N) is 1. The Morgan fingerprint density at radius 3 is 2.28 bits per heavy atom. The molecule has 2 nitrogen and oxygen atoms in total. The van der Waals surface area contributed by atoms with E-state index in [9.17, 15) is 0 Å². The van der Waals surface area contributed by atoms with Crippen LogP contribution in [0, 0.1) is 0 Å². The number of benzene rings is 4. The summed E-state index contributed by atoms with van der Waals surface area (Å²) in [6, 6.07) is 32.9. The van der Waals surface area contributed by atoms with Crippen LogP contribution in [0.4, 0.5) is 0 Å². The number of H-pyrrole nitrogens is 1. The number of para-hydroxylation sites is 1. The van der Waals surface area contributed by atoms with E-state index >= 15 is 0 Å². The molecule has 1 aliphatic carbocycles. The second-order valence-corrected chi connectivity index (χ2v) is 8.34. The first-order chi connectivity index (χ1) is 15.8. The molecule has 1 aromatic heterocycles. The standard InChI is InChI=1S/C30H24N2/c1-3-29(31-4-2)30(20-12-6-5-7-13-20)25-16-10-8-14-21(25)23-19-28-24(18-26(23)30)22-15-9-11-17-27(22)32-28/h3-19,32H,1-2H3/b29-3-,31-4?. The Hall–Kier alpha value is -3.91. The molecule has 1 unspecified atom stereocenters. The van der Waals surface area contributed by atoms with Crippen LogP contribution >= 0.6 is 0 Å². The Morgan fingerprint density at radius 2 is 1.47 bits per heavy atom. The van der Waals surface area contributed by atoms with Crippen molar-refractivity contribution >= 4 is 28.0 Å². The van der Waals surface area contributed by atoms with Gasteiger partial charge in [0, 0.05) is 28.0 Å². The molecule has 1 aliphatic rings. The van der Waals surface area contributed by atoms with E-state index < -0.39 is 5.41 Å². The summed E-state index contributed by atoms with van der Waals surface area (Å²) >= 11 is 0. The zero-order chi connectivity index (χ0) is 21.7. The van der Waals surface area contributed by atoms with Gasteiger partial charge in [-0.15, -0.1) is 0 Å². The lowest BCUT2D eigenvalue weighted by molar-refractivity contribution is 0.736. The molecule has 0 amide bonds. The van der Waals surface area contributed by atoms with Crippen molar-refractivity contribution in [2.45, 2.75) is 19.3 Å². The maximum atomic E-state index is 4.93. The van der Waals surface area contributed by atoms with Gasteiger partial charge >= 0.3 is 0 Å². The molecule has 2 heteroatoms. The molecule has 154 valence electrons. The highest BCUT2D eigenvalue weighted by atomic mass is 14.8. The number of fused-ring (bicyclic) bond motifs is 6. The van der Waals surface area contributed by atoms with Crippen molar-refractivity contribution in [3.63, 3.8) is 0 Å². The smallest absolute Gasteiger partial charge is 0.0882 e. The predicted molar refractivity (Wildman–Crippen MR) is 135 cm³/mol. The second-order valence-electron chi connectivity index (χ2n) is 8.34. The molecule has 4 aromatic carbocycles. The monoisotopic (exact) mass is 412 g/mol. The van der Waals surface area contributed by atoms with Gasteiger partial charge < -0.3 is 4.98 Å². The molecule has 0 spiro atoms. The van der Waals surface area contributed by atoms with Crippen LogP contribution in [0.3, 0.4) is 0 Å². The largest absolute Gasteiger partial charge is 0.354 e. The molecule has 32 heavy (non-hydrogen) atoms. The zero-order valence-electron chi connectivity index (χ0n) is 18.3. The summed E-state index contributed by atoms with van der Waals surface area (Å²) in [6.45, 7) is 4.09. The summed E-state index contributed by atoms with van der Waals surface area (Å²) in [5.41, 5.74) is 9.30. The molecule has 0 radical (unpaired) electrons. The van der Waals surface area contributed by atoms with Gasteiger partial charge in [-0.05, 0) is 59.9 Å². The van der Waals surface area contributed by atoms with Gasteiger partial charge in [0.05, 0.1) is 11.1 Å². The van der Waals surface area contributed by atoms with E-state index in [0.717, 1.165) is 5.70 Å². The van der Waals surface area contributed by atoms with Crippen LogP contribution in [0.2, 0.25) is 0 Å². The van der Waals surface area contributed by atoms with Crippen LogP contribution < -0.4 is 0 Å². The molecular formula is C30H24N2. The highest BCUT2D eigenvalue weighted by molar-refractivity contribution is 6.10. The fourth-order valence-corrected chi connectivity index (χ4v) is 5.57. The predicted octanol–water partition coefficient (Wildman–Crippen LogP) is 7.63. The maximum Gasteiger partial charge on any atom is 0.0882 e. The third-order valence-electron chi connectivity index (χ3n) is 6.80.